The van der Waals surface area contributed by atoms with Gasteiger partial charge in [0, 0.05) is 19.3 Å². The summed E-state index contributed by atoms with van der Waals surface area (Å²) in [4.78, 5) is 37.9. The lowest BCUT2D eigenvalue weighted by atomic mass is 10.1. The molecule has 0 amide bonds. The molecule has 0 N–H and O–H groups in total. The van der Waals surface area contributed by atoms with Crippen molar-refractivity contribution in [3.8, 4) is 0 Å². The Morgan fingerprint density at radius 1 is 0.367 bits per heavy atom. The Kier molecular flexibility index (Phi) is 46.0. The molecule has 6 heteroatoms. The predicted molar refractivity (Wildman–Crippen MR) is 256 cm³/mol. The Morgan fingerprint density at radius 3 is 1.20 bits per heavy atom. The molecular formula is C54H92O6. The van der Waals surface area contributed by atoms with Crippen LogP contribution in [-0.4, -0.2) is 37.2 Å². The smallest absolute Gasteiger partial charge is 0.306 e. The number of ether oxygens (including phenoxy) is 3. The molecule has 1 atom stereocenters. The van der Waals surface area contributed by atoms with E-state index in [0.29, 0.717) is 19.3 Å². The molecule has 0 rings (SSSR count). The maximum atomic E-state index is 12.7. The molecule has 0 saturated carbocycles. The summed E-state index contributed by atoms with van der Waals surface area (Å²) in [7, 11) is 0. The second-order valence-electron chi connectivity index (χ2n) is 16.4. The zero-order valence-corrected chi connectivity index (χ0v) is 39.2. The number of hydrogen-bond acceptors (Lipinski definition) is 6. The van der Waals surface area contributed by atoms with Crippen molar-refractivity contribution in [3.05, 3.63) is 72.9 Å². The molecule has 0 aromatic heterocycles. The highest BCUT2D eigenvalue weighted by atomic mass is 16.6. The predicted octanol–water partition coefficient (Wildman–Crippen LogP) is 16.3. The van der Waals surface area contributed by atoms with Crippen LogP contribution >= 0.6 is 0 Å². The number of carbonyl (C=O) groups is 3. The van der Waals surface area contributed by atoms with E-state index in [-0.39, 0.29) is 31.1 Å². The first kappa shape index (κ1) is 56.9. The van der Waals surface area contributed by atoms with Gasteiger partial charge >= 0.3 is 17.9 Å². The minimum absolute atomic E-state index is 0.0844. The van der Waals surface area contributed by atoms with Gasteiger partial charge in [-0.1, -0.05) is 216 Å². The van der Waals surface area contributed by atoms with Crippen LogP contribution in [0.5, 0.6) is 0 Å². The van der Waals surface area contributed by atoms with Crippen molar-refractivity contribution in [2.75, 3.05) is 13.2 Å². The van der Waals surface area contributed by atoms with Gasteiger partial charge < -0.3 is 14.2 Å². The van der Waals surface area contributed by atoms with Crippen LogP contribution in [0.25, 0.3) is 0 Å². The first-order valence-electron chi connectivity index (χ1n) is 25.0. The Balaban J connectivity index is 4.34. The molecule has 6 nitrogen and oxygen atoms in total. The summed E-state index contributed by atoms with van der Waals surface area (Å²) in [6, 6.07) is 0. The number of carbonyl (C=O) groups excluding carboxylic acids is 3. The summed E-state index contributed by atoms with van der Waals surface area (Å²) in [5.41, 5.74) is 0. The summed E-state index contributed by atoms with van der Waals surface area (Å²) in [6.07, 6.45) is 60.3. The third kappa shape index (κ3) is 45.9. The number of allylic oxidation sites excluding steroid dienone is 12. The fourth-order valence-corrected chi connectivity index (χ4v) is 6.81. The quantitative estimate of drug-likeness (QED) is 0.0200. The summed E-state index contributed by atoms with van der Waals surface area (Å²) in [5, 5.41) is 0. The standard InChI is InChI=1S/C54H92O6/c1-4-7-10-13-16-19-22-24-25-26-27-28-29-31-32-35-38-41-44-47-53(56)59-50-51(49-58-52(55)46-43-40-37-34-21-18-15-12-9-6-3)60-54(57)48-45-42-39-36-33-30-23-20-17-14-11-8-5-2/h7-8,10-11,14,16-17,19-20,23-25,51H,4-6,9,12-13,15,18,21-22,26-50H2,1-3H3/b10-7-,11-8-,17-14-,19-16-,23-20-,25-24-. The van der Waals surface area contributed by atoms with Crippen molar-refractivity contribution < 1.29 is 28.6 Å². The van der Waals surface area contributed by atoms with Crippen molar-refractivity contribution in [2.24, 2.45) is 0 Å². The van der Waals surface area contributed by atoms with Gasteiger partial charge in [0.1, 0.15) is 13.2 Å². The van der Waals surface area contributed by atoms with Crippen molar-refractivity contribution in [2.45, 2.75) is 239 Å². The van der Waals surface area contributed by atoms with Gasteiger partial charge in [-0.2, -0.15) is 0 Å². The number of esters is 3. The highest BCUT2D eigenvalue weighted by Gasteiger charge is 2.19. The first-order valence-corrected chi connectivity index (χ1v) is 25.0. The van der Waals surface area contributed by atoms with Gasteiger partial charge in [-0.15, -0.1) is 0 Å². The van der Waals surface area contributed by atoms with Crippen LogP contribution in [0.2, 0.25) is 0 Å². The molecule has 1 unspecified atom stereocenters. The Labute approximate surface area is 370 Å². The third-order valence-corrected chi connectivity index (χ3v) is 10.5. The highest BCUT2D eigenvalue weighted by Crippen LogP contribution is 2.15. The number of unbranched alkanes of at least 4 members (excludes halogenated alkanes) is 23. The monoisotopic (exact) mass is 837 g/mol. The van der Waals surface area contributed by atoms with Crippen molar-refractivity contribution in [1.82, 2.24) is 0 Å². The zero-order valence-electron chi connectivity index (χ0n) is 39.2. The largest absolute Gasteiger partial charge is 0.462 e. The van der Waals surface area contributed by atoms with E-state index in [0.717, 1.165) is 103 Å². The number of rotatable bonds is 44. The summed E-state index contributed by atoms with van der Waals surface area (Å²) >= 11 is 0. The second-order valence-corrected chi connectivity index (χ2v) is 16.4. The molecule has 0 aliphatic rings. The maximum absolute atomic E-state index is 12.7. The van der Waals surface area contributed by atoms with Gasteiger partial charge in [0.15, 0.2) is 6.10 Å². The molecule has 60 heavy (non-hydrogen) atoms. The van der Waals surface area contributed by atoms with Crippen LogP contribution < -0.4 is 0 Å². The van der Waals surface area contributed by atoms with E-state index in [9.17, 15) is 14.4 Å². The lowest BCUT2D eigenvalue weighted by Crippen LogP contribution is -2.30. The van der Waals surface area contributed by atoms with Gasteiger partial charge in [0.25, 0.3) is 0 Å². The lowest BCUT2D eigenvalue weighted by molar-refractivity contribution is -0.167. The molecule has 0 radical (unpaired) electrons. The van der Waals surface area contributed by atoms with E-state index in [1.807, 2.05) is 0 Å². The van der Waals surface area contributed by atoms with E-state index >= 15 is 0 Å². The van der Waals surface area contributed by atoms with Gasteiger partial charge in [-0.05, 0) is 70.6 Å². The Bertz CT molecular complexity index is 1140. The minimum atomic E-state index is -0.785. The molecule has 0 aliphatic carbocycles. The first-order chi connectivity index (χ1) is 29.5. The van der Waals surface area contributed by atoms with Gasteiger partial charge in [0.2, 0.25) is 0 Å². The molecule has 344 valence electrons. The van der Waals surface area contributed by atoms with Crippen LogP contribution in [-0.2, 0) is 28.6 Å². The molecule has 0 heterocycles. The second kappa shape index (κ2) is 48.5. The fourth-order valence-electron chi connectivity index (χ4n) is 6.81. The molecule has 0 spiro atoms. The van der Waals surface area contributed by atoms with Crippen LogP contribution in [0.4, 0.5) is 0 Å². The SMILES string of the molecule is CC\C=C/C=C\C=C/CCCCCCCC(=O)OC(COC(=O)CCCCCCCCCCCC)COC(=O)CCCCCCCCCCC/C=C\C/C=C\C/C=C\CC. The lowest BCUT2D eigenvalue weighted by Gasteiger charge is -2.18. The topological polar surface area (TPSA) is 78.9 Å². The molecule has 0 saturated heterocycles. The summed E-state index contributed by atoms with van der Waals surface area (Å²) in [6.45, 7) is 6.36. The zero-order chi connectivity index (χ0) is 43.7. The van der Waals surface area contributed by atoms with Gasteiger partial charge in [0.05, 0.1) is 0 Å². The summed E-state index contributed by atoms with van der Waals surface area (Å²) in [5.74, 6) is -0.912. The Morgan fingerprint density at radius 2 is 0.733 bits per heavy atom. The van der Waals surface area contributed by atoms with Gasteiger partial charge in [-0.25, -0.2) is 0 Å². The van der Waals surface area contributed by atoms with Crippen molar-refractivity contribution >= 4 is 17.9 Å². The Hall–Kier alpha value is -3.15. The molecule has 0 aromatic carbocycles. The minimum Gasteiger partial charge on any atom is -0.462 e. The number of hydrogen-bond donors (Lipinski definition) is 0. The maximum Gasteiger partial charge on any atom is 0.306 e. The normalized spacial score (nSPS) is 12.7. The molecule has 0 aliphatic heterocycles. The van der Waals surface area contributed by atoms with E-state index < -0.39 is 6.10 Å². The summed E-state index contributed by atoms with van der Waals surface area (Å²) < 4.78 is 16.7. The van der Waals surface area contributed by atoms with E-state index in [2.05, 4.69) is 93.7 Å². The molecule has 0 aromatic rings. The average Bonchev–Trinajstić information content (AvgIpc) is 3.24. The third-order valence-electron chi connectivity index (χ3n) is 10.5. The van der Waals surface area contributed by atoms with E-state index in [1.54, 1.807) is 0 Å². The van der Waals surface area contributed by atoms with Crippen LogP contribution in [0.1, 0.15) is 233 Å². The average molecular weight is 837 g/mol. The van der Waals surface area contributed by atoms with Crippen molar-refractivity contribution in [1.29, 1.82) is 0 Å². The fraction of sp³-hybridized carbons (Fsp3) is 0.722. The van der Waals surface area contributed by atoms with Crippen LogP contribution in [0.3, 0.4) is 0 Å². The van der Waals surface area contributed by atoms with Crippen LogP contribution in [0, 0.1) is 0 Å². The van der Waals surface area contributed by atoms with Crippen molar-refractivity contribution in [3.63, 3.8) is 0 Å². The van der Waals surface area contributed by atoms with Gasteiger partial charge in [-0.3, -0.25) is 14.4 Å². The molecule has 0 fully saturated rings. The van der Waals surface area contributed by atoms with E-state index in [4.69, 9.17) is 14.2 Å². The van der Waals surface area contributed by atoms with E-state index in [1.165, 1.54) is 89.9 Å². The highest BCUT2D eigenvalue weighted by molar-refractivity contribution is 5.71. The molecule has 0 bridgehead atoms. The van der Waals surface area contributed by atoms with Crippen LogP contribution in [0.15, 0.2) is 72.9 Å². The molecular weight excluding hydrogens is 745 g/mol.